The normalized spacial score (nSPS) is 45.6. The lowest BCUT2D eigenvalue weighted by Crippen LogP contribution is -2.21. The van der Waals surface area contributed by atoms with Crippen molar-refractivity contribution in [2.45, 2.75) is 25.4 Å². The first-order valence-corrected chi connectivity index (χ1v) is 2.83. The molecule has 38 valence electrons. The second-order valence-corrected chi connectivity index (χ2v) is 2.49. The van der Waals surface area contributed by atoms with Gasteiger partial charge in [0, 0.05) is 12.1 Å². The molecule has 0 aromatic heterocycles. The maximum absolute atomic E-state index is 3.40. The van der Waals surface area contributed by atoms with E-state index in [1.165, 1.54) is 6.42 Å². The molecule has 1 aliphatic carbocycles. The van der Waals surface area contributed by atoms with Crippen LogP contribution in [0.4, 0.5) is 0 Å². The fourth-order valence-electron chi connectivity index (χ4n) is 1.24. The smallest absolute Gasteiger partial charge is 0.0472 e. The Balaban J connectivity index is 2.12. The van der Waals surface area contributed by atoms with Crippen LogP contribution in [0.3, 0.4) is 0 Å². The molecule has 1 aliphatic heterocycles. The standard InChI is InChI=1S/C6H9N/c1-4-2-5-3-6(5)7-4/h3-4,6-7H,2H2,1H3/t4-,6+/m1/s1. The van der Waals surface area contributed by atoms with Crippen molar-refractivity contribution < 1.29 is 0 Å². The zero-order valence-electron chi connectivity index (χ0n) is 4.44. The molecule has 0 unspecified atom stereocenters. The van der Waals surface area contributed by atoms with Crippen LogP contribution in [-0.4, -0.2) is 12.1 Å². The van der Waals surface area contributed by atoms with E-state index in [0.717, 1.165) is 12.1 Å². The zero-order valence-corrected chi connectivity index (χ0v) is 4.44. The molecule has 0 amide bonds. The highest BCUT2D eigenvalue weighted by Crippen LogP contribution is 2.31. The quantitative estimate of drug-likeness (QED) is 0.436. The van der Waals surface area contributed by atoms with Gasteiger partial charge in [0.05, 0.1) is 0 Å². The van der Waals surface area contributed by atoms with E-state index >= 15 is 0 Å². The lowest BCUT2D eigenvalue weighted by Gasteiger charge is -1.99. The molecule has 1 nitrogen and oxygen atoms in total. The van der Waals surface area contributed by atoms with Crippen molar-refractivity contribution in [1.29, 1.82) is 0 Å². The minimum Gasteiger partial charge on any atom is -0.304 e. The van der Waals surface area contributed by atoms with Crippen molar-refractivity contribution in [3.63, 3.8) is 0 Å². The van der Waals surface area contributed by atoms with Crippen LogP contribution in [0, 0.1) is 0 Å². The SMILES string of the molecule is C[C@@H]1CC2=C[C@@H]2N1. The molecule has 2 aliphatic rings. The topological polar surface area (TPSA) is 12.0 Å². The van der Waals surface area contributed by atoms with Crippen molar-refractivity contribution in [1.82, 2.24) is 5.32 Å². The Morgan fingerprint density at radius 2 is 2.71 bits per heavy atom. The third-order valence-electron chi connectivity index (χ3n) is 1.68. The maximum atomic E-state index is 3.40. The fourth-order valence-corrected chi connectivity index (χ4v) is 1.24. The average Bonchev–Trinajstić information content (AvgIpc) is 2.15. The van der Waals surface area contributed by atoms with Crippen molar-refractivity contribution in [2.24, 2.45) is 0 Å². The minimum atomic E-state index is 0.731. The Kier molecular flexibility index (Phi) is 0.482. The summed E-state index contributed by atoms with van der Waals surface area (Å²) >= 11 is 0. The van der Waals surface area contributed by atoms with Gasteiger partial charge < -0.3 is 5.32 Å². The molecule has 0 radical (unpaired) electrons. The van der Waals surface area contributed by atoms with Crippen LogP contribution in [0.15, 0.2) is 11.6 Å². The monoisotopic (exact) mass is 95.1 g/mol. The van der Waals surface area contributed by atoms with E-state index in [9.17, 15) is 0 Å². The second-order valence-electron chi connectivity index (χ2n) is 2.49. The Morgan fingerprint density at radius 1 is 1.86 bits per heavy atom. The Hall–Kier alpha value is -0.300. The average molecular weight is 95.1 g/mol. The molecular formula is C6H9N. The minimum absolute atomic E-state index is 0.731. The second kappa shape index (κ2) is 0.920. The molecule has 1 heterocycles. The van der Waals surface area contributed by atoms with E-state index in [0.29, 0.717) is 0 Å². The highest BCUT2D eigenvalue weighted by molar-refractivity contribution is 5.39. The third kappa shape index (κ3) is 0.416. The molecule has 1 heteroatoms. The summed E-state index contributed by atoms with van der Waals surface area (Å²) in [4.78, 5) is 0. The van der Waals surface area contributed by atoms with Gasteiger partial charge in [-0.15, -0.1) is 0 Å². The summed E-state index contributed by atoms with van der Waals surface area (Å²) in [6.45, 7) is 2.23. The molecule has 0 saturated carbocycles. The molecule has 0 bridgehead atoms. The molecule has 2 atom stereocenters. The van der Waals surface area contributed by atoms with E-state index in [1.807, 2.05) is 0 Å². The number of hydrogen-bond donors (Lipinski definition) is 1. The van der Waals surface area contributed by atoms with Gasteiger partial charge in [0.25, 0.3) is 0 Å². The summed E-state index contributed by atoms with van der Waals surface area (Å²) in [5, 5.41) is 3.40. The first kappa shape index (κ1) is 3.67. The molecule has 1 saturated heterocycles. The number of nitrogens with one attached hydrogen (secondary N) is 1. The highest BCUT2D eigenvalue weighted by Gasteiger charge is 2.32. The summed E-state index contributed by atoms with van der Waals surface area (Å²) < 4.78 is 0. The molecular weight excluding hydrogens is 86.1 g/mol. The van der Waals surface area contributed by atoms with Crippen LogP contribution < -0.4 is 5.32 Å². The van der Waals surface area contributed by atoms with E-state index in [4.69, 9.17) is 0 Å². The van der Waals surface area contributed by atoms with E-state index in [1.54, 1.807) is 5.57 Å². The lowest BCUT2D eigenvalue weighted by molar-refractivity contribution is 0.631. The summed E-state index contributed by atoms with van der Waals surface area (Å²) in [7, 11) is 0. The summed E-state index contributed by atoms with van der Waals surface area (Å²) in [6, 6.07) is 1.49. The van der Waals surface area contributed by atoms with Crippen LogP contribution in [0.2, 0.25) is 0 Å². The molecule has 0 aromatic carbocycles. The maximum Gasteiger partial charge on any atom is 0.0472 e. The summed E-state index contributed by atoms with van der Waals surface area (Å²) in [5.41, 5.74) is 1.63. The molecule has 7 heavy (non-hydrogen) atoms. The van der Waals surface area contributed by atoms with Crippen LogP contribution in [0.25, 0.3) is 0 Å². The highest BCUT2D eigenvalue weighted by atomic mass is 15.0. The van der Waals surface area contributed by atoms with Gasteiger partial charge in [0.2, 0.25) is 0 Å². The van der Waals surface area contributed by atoms with Crippen LogP contribution in [0.1, 0.15) is 13.3 Å². The first-order chi connectivity index (χ1) is 3.36. The zero-order chi connectivity index (χ0) is 4.85. The predicted octanol–water partition coefficient (Wildman–Crippen LogP) is 0.677. The van der Waals surface area contributed by atoms with E-state index in [-0.39, 0.29) is 0 Å². The van der Waals surface area contributed by atoms with Crippen LogP contribution in [0.5, 0.6) is 0 Å². The van der Waals surface area contributed by atoms with Gasteiger partial charge in [-0.3, -0.25) is 0 Å². The Bertz CT molecular complexity index is 126. The summed E-state index contributed by atoms with van der Waals surface area (Å²) in [6.07, 6.45) is 3.59. The van der Waals surface area contributed by atoms with Crippen molar-refractivity contribution in [3.05, 3.63) is 11.6 Å². The van der Waals surface area contributed by atoms with Crippen LogP contribution in [-0.2, 0) is 0 Å². The lowest BCUT2D eigenvalue weighted by atomic mass is 10.2. The van der Waals surface area contributed by atoms with Crippen LogP contribution >= 0.6 is 0 Å². The summed E-state index contributed by atoms with van der Waals surface area (Å²) in [5.74, 6) is 0. The van der Waals surface area contributed by atoms with Gasteiger partial charge in [-0.2, -0.15) is 0 Å². The van der Waals surface area contributed by atoms with Crippen molar-refractivity contribution in [2.75, 3.05) is 0 Å². The fraction of sp³-hybridized carbons (Fsp3) is 0.667. The van der Waals surface area contributed by atoms with E-state index < -0.39 is 0 Å². The van der Waals surface area contributed by atoms with Gasteiger partial charge in [0.15, 0.2) is 0 Å². The van der Waals surface area contributed by atoms with E-state index in [2.05, 4.69) is 18.3 Å². The Labute approximate surface area is 43.4 Å². The van der Waals surface area contributed by atoms with Gasteiger partial charge >= 0.3 is 0 Å². The largest absolute Gasteiger partial charge is 0.304 e. The number of fused-ring (bicyclic) bond motifs is 1. The van der Waals surface area contributed by atoms with Gasteiger partial charge in [-0.05, 0) is 13.3 Å². The van der Waals surface area contributed by atoms with Crippen molar-refractivity contribution >= 4 is 0 Å². The molecule has 0 aromatic rings. The van der Waals surface area contributed by atoms with Gasteiger partial charge in [0.1, 0.15) is 0 Å². The molecule has 0 spiro atoms. The molecule has 1 N–H and O–H groups in total. The molecule has 1 fully saturated rings. The third-order valence-corrected chi connectivity index (χ3v) is 1.68. The van der Waals surface area contributed by atoms with Crippen molar-refractivity contribution in [3.8, 4) is 0 Å². The number of rotatable bonds is 0. The number of hydrogen-bond acceptors (Lipinski definition) is 1. The molecule has 2 rings (SSSR count). The van der Waals surface area contributed by atoms with Gasteiger partial charge in [-0.25, -0.2) is 0 Å². The first-order valence-electron chi connectivity index (χ1n) is 2.83. The Morgan fingerprint density at radius 3 is 3.00 bits per heavy atom. The van der Waals surface area contributed by atoms with Gasteiger partial charge in [-0.1, -0.05) is 11.6 Å². The predicted molar refractivity (Wildman–Crippen MR) is 29.1 cm³/mol.